The fourth-order valence-electron chi connectivity index (χ4n) is 2.18. The average Bonchev–Trinajstić information content (AvgIpc) is 2.43. The van der Waals surface area contributed by atoms with Gasteiger partial charge in [-0.15, -0.1) is 0 Å². The first-order chi connectivity index (χ1) is 9.60. The normalized spacial score (nSPS) is 10.6. The average molecular weight is 269 g/mol. The second-order valence-corrected chi connectivity index (χ2v) is 5.23. The highest BCUT2D eigenvalue weighted by Gasteiger charge is 2.05. The quantitative estimate of drug-likeness (QED) is 0.862. The van der Waals surface area contributed by atoms with Gasteiger partial charge < -0.3 is 10.1 Å². The molecule has 2 rings (SSSR count). The van der Waals surface area contributed by atoms with Gasteiger partial charge in [-0.25, -0.2) is 0 Å². The molecule has 2 aromatic carbocycles. The summed E-state index contributed by atoms with van der Waals surface area (Å²) in [7, 11) is 0. The summed E-state index contributed by atoms with van der Waals surface area (Å²) in [4.78, 5) is 0. The fraction of sp³-hybridized carbons (Fsp3) is 0.333. The Kier molecular flexibility index (Phi) is 4.80. The van der Waals surface area contributed by atoms with Crippen molar-refractivity contribution in [1.29, 1.82) is 0 Å². The van der Waals surface area contributed by atoms with Crippen LogP contribution in [0.4, 0.5) is 0 Å². The van der Waals surface area contributed by atoms with E-state index in [9.17, 15) is 0 Å². The second kappa shape index (κ2) is 6.58. The Morgan fingerprint density at radius 2 is 1.70 bits per heavy atom. The summed E-state index contributed by atoms with van der Waals surface area (Å²) in [6, 6.07) is 12.6. The van der Waals surface area contributed by atoms with Crippen molar-refractivity contribution in [2.24, 2.45) is 0 Å². The Hall–Kier alpha value is -1.80. The van der Waals surface area contributed by atoms with Crippen molar-refractivity contribution in [1.82, 2.24) is 5.32 Å². The maximum atomic E-state index is 6.01. The summed E-state index contributed by atoms with van der Waals surface area (Å²) in [5.41, 5.74) is 4.97. The van der Waals surface area contributed by atoms with E-state index in [0.717, 1.165) is 24.6 Å². The summed E-state index contributed by atoms with van der Waals surface area (Å²) in [5, 5.41) is 3.32. The zero-order chi connectivity index (χ0) is 14.5. The third-order valence-electron chi connectivity index (χ3n) is 3.49. The topological polar surface area (TPSA) is 21.3 Å². The molecule has 0 saturated carbocycles. The largest absolute Gasteiger partial charge is 0.457 e. The molecule has 0 amide bonds. The van der Waals surface area contributed by atoms with Crippen molar-refractivity contribution in [3.8, 4) is 11.5 Å². The number of hydrogen-bond acceptors (Lipinski definition) is 2. The number of rotatable bonds is 5. The summed E-state index contributed by atoms with van der Waals surface area (Å²) in [6.45, 7) is 10.3. The van der Waals surface area contributed by atoms with Crippen molar-refractivity contribution in [3.05, 3.63) is 58.7 Å². The van der Waals surface area contributed by atoms with Gasteiger partial charge in [-0.2, -0.15) is 0 Å². The van der Waals surface area contributed by atoms with Crippen LogP contribution in [0.2, 0.25) is 0 Å². The van der Waals surface area contributed by atoms with Gasteiger partial charge >= 0.3 is 0 Å². The lowest BCUT2D eigenvalue weighted by molar-refractivity contribution is 0.477. The molecule has 20 heavy (non-hydrogen) atoms. The molecule has 2 aromatic rings. The minimum absolute atomic E-state index is 0.887. The van der Waals surface area contributed by atoms with E-state index in [2.05, 4.69) is 57.3 Å². The van der Waals surface area contributed by atoms with Crippen LogP contribution in [0.15, 0.2) is 36.4 Å². The number of hydrogen-bond donors (Lipinski definition) is 1. The van der Waals surface area contributed by atoms with Gasteiger partial charge in [0.25, 0.3) is 0 Å². The summed E-state index contributed by atoms with van der Waals surface area (Å²) in [6.07, 6.45) is 0. The maximum absolute atomic E-state index is 6.01. The van der Waals surface area contributed by atoms with Crippen molar-refractivity contribution in [2.45, 2.75) is 34.2 Å². The zero-order valence-corrected chi connectivity index (χ0v) is 12.8. The molecule has 0 bridgehead atoms. The first-order valence-electron chi connectivity index (χ1n) is 7.15. The molecule has 0 atom stereocenters. The van der Waals surface area contributed by atoms with E-state index in [-0.39, 0.29) is 0 Å². The third-order valence-corrected chi connectivity index (χ3v) is 3.49. The van der Waals surface area contributed by atoms with Crippen molar-refractivity contribution in [2.75, 3.05) is 6.54 Å². The van der Waals surface area contributed by atoms with Gasteiger partial charge in [-0.1, -0.05) is 25.1 Å². The molecule has 0 spiro atoms. The summed E-state index contributed by atoms with van der Waals surface area (Å²) < 4.78 is 6.01. The molecule has 0 aliphatic rings. The van der Waals surface area contributed by atoms with E-state index in [0.29, 0.717) is 0 Å². The molecular weight excluding hydrogens is 246 g/mol. The van der Waals surface area contributed by atoms with E-state index in [1.807, 2.05) is 12.1 Å². The molecule has 0 saturated heterocycles. The van der Waals surface area contributed by atoms with Crippen LogP contribution in [0.3, 0.4) is 0 Å². The Labute approximate surface area is 121 Å². The van der Waals surface area contributed by atoms with Gasteiger partial charge in [-0.3, -0.25) is 0 Å². The molecule has 106 valence electrons. The maximum Gasteiger partial charge on any atom is 0.130 e. The van der Waals surface area contributed by atoms with Crippen LogP contribution in [-0.4, -0.2) is 6.54 Å². The van der Waals surface area contributed by atoms with Crippen LogP contribution in [0.1, 0.15) is 29.2 Å². The smallest absolute Gasteiger partial charge is 0.130 e. The van der Waals surface area contributed by atoms with E-state index < -0.39 is 0 Å². The lowest BCUT2D eigenvalue weighted by atomic mass is 10.1. The van der Waals surface area contributed by atoms with Crippen molar-refractivity contribution >= 4 is 0 Å². The van der Waals surface area contributed by atoms with Gasteiger partial charge in [0.2, 0.25) is 0 Å². The van der Waals surface area contributed by atoms with Crippen LogP contribution >= 0.6 is 0 Å². The van der Waals surface area contributed by atoms with E-state index in [1.54, 1.807) is 0 Å². The molecule has 0 aliphatic heterocycles. The first-order valence-corrected chi connectivity index (χ1v) is 7.15. The Balaban J connectivity index is 2.14. The number of ether oxygens (including phenoxy) is 1. The molecule has 0 aromatic heterocycles. The minimum atomic E-state index is 0.887. The number of aryl methyl sites for hydroxylation is 2. The van der Waals surface area contributed by atoms with Gasteiger partial charge in [-0.05, 0) is 67.8 Å². The van der Waals surface area contributed by atoms with Gasteiger partial charge in [0.05, 0.1) is 0 Å². The molecule has 2 nitrogen and oxygen atoms in total. The highest BCUT2D eigenvalue weighted by Crippen LogP contribution is 2.28. The summed E-state index contributed by atoms with van der Waals surface area (Å²) >= 11 is 0. The Morgan fingerprint density at radius 3 is 2.35 bits per heavy atom. The molecule has 0 radical (unpaired) electrons. The van der Waals surface area contributed by atoms with Crippen LogP contribution in [0, 0.1) is 20.8 Å². The molecule has 0 fully saturated rings. The zero-order valence-electron chi connectivity index (χ0n) is 12.8. The minimum Gasteiger partial charge on any atom is -0.457 e. The van der Waals surface area contributed by atoms with Gasteiger partial charge in [0.15, 0.2) is 0 Å². The summed E-state index contributed by atoms with van der Waals surface area (Å²) in [5.74, 6) is 1.83. The molecule has 0 unspecified atom stereocenters. The lowest BCUT2D eigenvalue weighted by Gasteiger charge is -2.12. The van der Waals surface area contributed by atoms with E-state index in [1.165, 1.54) is 22.3 Å². The molecule has 2 heteroatoms. The molecule has 1 N–H and O–H groups in total. The third kappa shape index (κ3) is 3.61. The highest BCUT2D eigenvalue weighted by atomic mass is 16.5. The number of benzene rings is 2. The number of nitrogens with one attached hydrogen (secondary N) is 1. The second-order valence-electron chi connectivity index (χ2n) is 5.23. The van der Waals surface area contributed by atoms with Crippen molar-refractivity contribution < 1.29 is 4.74 Å². The predicted octanol–water partition coefficient (Wildman–Crippen LogP) is 4.51. The first kappa shape index (κ1) is 14.6. The SMILES string of the molecule is CCNCc1ccc(Oc2cc(C)cc(C)c2C)cc1. The monoisotopic (exact) mass is 269 g/mol. The van der Waals surface area contributed by atoms with E-state index >= 15 is 0 Å². The van der Waals surface area contributed by atoms with Gasteiger partial charge in [0.1, 0.15) is 11.5 Å². The molecular formula is C18H23NO. The molecule has 0 heterocycles. The van der Waals surface area contributed by atoms with Crippen molar-refractivity contribution in [3.63, 3.8) is 0 Å². The Morgan fingerprint density at radius 1 is 1.00 bits per heavy atom. The van der Waals surface area contributed by atoms with Crippen LogP contribution in [0.25, 0.3) is 0 Å². The van der Waals surface area contributed by atoms with Crippen LogP contribution < -0.4 is 10.1 Å². The van der Waals surface area contributed by atoms with Gasteiger partial charge in [0, 0.05) is 6.54 Å². The Bertz CT molecular complexity index is 573. The predicted molar refractivity (Wildman–Crippen MR) is 84.5 cm³/mol. The molecule has 0 aliphatic carbocycles. The standard InChI is InChI=1S/C18H23NO/c1-5-19-12-16-6-8-17(9-7-16)20-18-11-13(2)10-14(3)15(18)4/h6-11,19H,5,12H2,1-4H3. The lowest BCUT2D eigenvalue weighted by Crippen LogP contribution is -2.11. The van der Waals surface area contributed by atoms with Crippen LogP contribution in [-0.2, 0) is 6.54 Å². The van der Waals surface area contributed by atoms with Crippen LogP contribution in [0.5, 0.6) is 11.5 Å². The highest BCUT2D eigenvalue weighted by molar-refractivity contribution is 5.44. The fourth-order valence-corrected chi connectivity index (χ4v) is 2.18. The van der Waals surface area contributed by atoms with E-state index in [4.69, 9.17) is 4.74 Å².